The van der Waals surface area contributed by atoms with E-state index in [2.05, 4.69) is 17.1 Å². The first-order valence-corrected chi connectivity index (χ1v) is 8.25. The van der Waals surface area contributed by atoms with Crippen LogP contribution in [0.4, 0.5) is 0 Å². The number of hydrogen-bond donors (Lipinski definition) is 1. The third kappa shape index (κ3) is 5.68. The molecule has 1 fully saturated rings. The van der Waals surface area contributed by atoms with Crippen molar-refractivity contribution in [3.63, 3.8) is 0 Å². The van der Waals surface area contributed by atoms with Gasteiger partial charge in [0.25, 0.3) is 0 Å². The Labute approximate surface area is 132 Å². The Bertz CT molecular complexity index is 464. The lowest BCUT2D eigenvalue weighted by Crippen LogP contribution is -2.36. The highest BCUT2D eigenvalue weighted by Gasteiger charge is 2.15. The van der Waals surface area contributed by atoms with Crippen molar-refractivity contribution in [2.24, 2.45) is 5.92 Å². The van der Waals surface area contributed by atoms with Crippen molar-refractivity contribution < 1.29 is 4.79 Å². The molecule has 1 aliphatic heterocycles. The Hall–Kier alpha value is -1.06. The summed E-state index contributed by atoms with van der Waals surface area (Å²) < 4.78 is 0. The van der Waals surface area contributed by atoms with Crippen LogP contribution in [0.5, 0.6) is 0 Å². The van der Waals surface area contributed by atoms with E-state index < -0.39 is 0 Å². The minimum Gasteiger partial charge on any atom is -0.356 e. The molecule has 1 aromatic rings. The zero-order chi connectivity index (χ0) is 15.1. The standard InChI is InChI=1S/C17H25ClN2O/c1-14-6-4-10-20(13-14)11-5-9-19-17(21)12-15-7-2-3-8-16(15)18/h2-3,7-8,14H,4-6,9-13H2,1H3,(H,19,21). The summed E-state index contributed by atoms with van der Waals surface area (Å²) in [5.74, 6) is 0.865. The van der Waals surface area contributed by atoms with Gasteiger partial charge in [-0.25, -0.2) is 0 Å². The van der Waals surface area contributed by atoms with Crippen molar-refractivity contribution >= 4 is 17.5 Å². The zero-order valence-corrected chi connectivity index (χ0v) is 13.5. The average molecular weight is 309 g/mol. The number of carbonyl (C=O) groups is 1. The smallest absolute Gasteiger partial charge is 0.224 e. The number of rotatable bonds is 6. The third-order valence-electron chi connectivity index (χ3n) is 4.02. The summed E-state index contributed by atoms with van der Waals surface area (Å²) in [7, 11) is 0. The van der Waals surface area contributed by atoms with E-state index in [0.717, 1.165) is 31.0 Å². The first-order chi connectivity index (χ1) is 10.1. The highest BCUT2D eigenvalue weighted by atomic mass is 35.5. The molecule has 1 atom stereocenters. The SMILES string of the molecule is CC1CCCN(CCCNC(=O)Cc2ccccc2Cl)C1. The monoisotopic (exact) mass is 308 g/mol. The van der Waals surface area contributed by atoms with E-state index in [1.54, 1.807) is 0 Å². The molecule has 0 spiro atoms. The van der Waals surface area contributed by atoms with Crippen LogP contribution in [-0.2, 0) is 11.2 Å². The molecule has 1 amide bonds. The zero-order valence-electron chi connectivity index (χ0n) is 12.8. The fourth-order valence-electron chi connectivity index (χ4n) is 2.90. The highest BCUT2D eigenvalue weighted by molar-refractivity contribution is 6.31. The topological polar surface area (TPSA) is 32.3 Å². The number of likely N-dealkylation sites (tertiary alicyclic amines) is 1. The van der Waals surface area contributed by atoms with Crippen molar-refractivity contribution in [2.45, 2.75) is 32.6 Å². The number of halogens is 1. The predicted molar refractivity (Wildman–Crippen MR) is 87.6 cm³/mol. The number of benzene rings is 1. The van der Waals surface area contributed by atoms with E-state index in [4.69, 9.17) is 11.6 Å². The molecule has 2 rings (SSSR count). The van der Waals surface area contributed by atoms with Gasteiger partial charge in [-0.1, -0.05) is 36.7 Å². The Balaban J connectivity index is 1.62. The number of carbonyl (C=O) groups excluding carboxylic acids is 1. The maximum atomic E-state index is 11.9. The van der Waals surface area contributed by atoms with Crippen LogP contribution in [0, 0.1) is 5.92 Å². The lowest BCUT2D eigenvalue weighted by Gasteiger charge is -2.30. The van der Waals surface area contributed by atoms with Crippen LogP contribution in [0.1, 0.15) is 31.7 Å². The molecule has 0 bridgehead atoms. The molecule has 1 unspecified atom stereocenters. The van der Waals surface area contributed by atoms with E-state index in [0.29, 0.717) is 11.4 Å². The van der Waals surface area contributed by atoms with Gasteiger partial charge in [-0.3, -0.25) is 4.79 Å². The summed E-state index contributed by atoms with van der Waals surface area (Å²) in [6.45, 7) is 6.55. The molecule has 0 aliphatic carbocycles. The second-order valence-corrected chi connectivity index (χ2v) is 6.43. The van der Waals surface area contributed by atoms with Crippen LogP contribution in [0.3, 0.4) is 0 Å². The van der Waals surface area contributed by atoms with Gasteiger partial charge in [0, 0.05) is 18.1 Å². The van der Waals surface area contributed by atoms with Gasteiger partial charge in [-0.2, -0.15) is 0 Å². The fraction of sp³-hybridized carbons (Fsp3) is 0.588. The van der Waals surface area contributed by atoms with Gasteiger partial charge in [0.2, 0.25) is 5.91 Å². The van der Waals surface area contributed by atoms with Gasteiger partial charge >= 0.3 is 0 Å². The van der Waals surface area contributed by atoms with Gasteiger partial charge in [0.1, 0.15) is 0 Å². The minimum absolute atomic E-state index is 0.0510. The van der Waals surface area contributed by atoms with Crippen LogP contribution in [-0.4, -0.2) is 37.0 Å². The Morgan fingerprint density at radius 2 is 2.24 bits per heavy atom. The molecular weight excluding hydrogens is 284 g/mol. The van der Waals surface area contributed by atoms with Crippen molar-refractivity contribution in [2.75, 3.05) is 26.2 Å². The molecule has 3 nitrogen and oxygen atoms in total. The maximum Gasteiger partial charge on any atom is 0.224 e. The van der Waals surface area contributed by atoms with Crippen molar-refractivity contribution in [1.82, 2.24) is 10.2 Å². The molecule has 1 saturated heterocycles. The lowest BCUT2D eigenvalue weighted by atomic mass is 10.0. The van der Waals surface area contributed by atoms with Crippen molar-refractivity contribution in [3.8, 4) is 0 Å². The molecule has 0 aromatic heterocycles. The maximum absolute atomic E-state index is 11.9. The van der Waals surface area contributed by atoms with Crippen LogP contribution in [0.15, 0.2) is 24.3 Å². The molecule has 1 aromatic carbocycles. The molecule has 0 radical (unpaired) electrons. The Kier molecular flexibility index (Phi) is 6.52. The average Bonchev–Trinajstić information content (AvgIpc) is 2.46. The predicted octanol–water partition coefficient (Wildman–Crippen LogP) is 3.12. The number of nitrogens with one attached hydrogen (secondary N) is 1. The van der Waals surface area contributed by atoms with Gasteiger partial charge in [0.15, 0.2) is 0 Å². The number of nitrogens with zero attached hydrogens (tertiary/aromatic N) is 1. The first-order valence-electron chi connectivity index (χ1n) is 7.87. The molecule has 4 heteroatoms. The lowest BCUT2D eigenvalue weighted by molar-refractivity contribution is -0.120. The van der Waals surface area contributed by atoms with Crippen LogP contribution in [0.25, 0.3) is 0 Å². The quantitative estimate of drug-likeness (QED) is 0.819. The second-order valence-electron chi connectivity index (χ2n) is 6.02. The number of hydrogen-bond acceptors (Lipinski definition) is 2. The van der Waals surface area contributed by atoms with E-state index in [1.165, 1.54) is 25.9 Å². The summed E-state index contributed by atoms with van der Waals surface area (Å²) in [6, 6.07) is 7.51. The fourth-order valence-corrected chi connectivity index (χ4v) is 3.10. The van der Waals surface area contributed by atoms with Gasteiger partial charge < -0.3 is 10.2 Å². The summed E-state index contributed by atoms with van der Waals surface area (Å²) in [5, 5.41) is 3.65. The van der Waals surface area contributed by atoms with Crippen molar-refractivity contribution in [1.29, 1.82) is 0 Å². The van der Waals surface area contributed by atoms with E-state index in [1.807, 2.05) is 24.3 Å². The number of amides is 1. The van der Waals surface area contributed by atoms with Gasteiger partial charge in [-0.05, 0) is 49.9 Å². The van der Waals surface area contributed by atoms with Crippen molar-refractivity contribution in [3.05, 3.63) is 34.9 Å². The molecule has 0 saturated carbocycles. The number of piperidine rings is 1. The summed E-state index contributed by atoms with van der Waals surface area (Å²) in [4.78, 5) is 14.4. The molecule has 1 heterocycles. The Morgan fingerprint density at radius 1 is 1.43 bits per heavy atom. The van der Waals surface area contributed by atoms with E-state index in [9.17, 15) is 4.79 Å². The van der Waals surface area contributed by atoms with Gasteiger partial charge in [-0.15, -0.1) is 0 Å². The second kappa shape index (κ2) is 8.40. The van der Waals surface area contributed by atoms with Crippen LogP contribution >= 0.6 is 11.6 Å². The van der Waals surface area contributed by atoms with Gasteiger partial charge in [0.05, 0.1) is 6.42 Å². The van der Waals surface area contributed by atoms with E-state index in [-0.39, 0.29) is 5.91 Å². The minimum atomic E-state index is 0.0510. The summed E-state index contributed by atoms with van der Waals surface area (Å²) in [5.41, 5.74) is 0.890. The first kappa shape index (κ1) is 16.3. The summed E-state index contributed by atoms with van der Waals surface area (Å²) in [6.07, 6.45) is 4.03. The van der Waals surface area contributed by atoms with Crippen LogP contribution in [0.2, 0.25) is 5.02 Å². The summed E-state index contributed by atoms with van der Waals surface area (Å²) >= 11 is 6.06. The third-order valence-corrected chi connectivity index (χ3v) is 4.39. The molecule has 21 heavy (non-hydrogen) atoms. The van der Waals surface area contributed by atoms with E-state index >= 15 is 0 Å². The largest absolute Gasteiger partial charge is 0.356 e. The molecule has 1 N–H and O–H groups in total. The van der Waals surface area contributed by atoms with Crippen LogP contribution < -0.4 is 5.32 Å². The Morgan fingerprint density at radius 3 is 3.00 bits per heavy atom. The molecular formula is C17H25ClN2O. The highest BCUT2D eigenvalue weighted by Crippen LogP contribution is 2.16. The normalized spacial score (nSPS) is 19.4. The molecule has 116 valence electrons. The molecule has 1 aliphatic rings.